The van der Waals surface area contributed by atoms with E-state index in [-0.39, 0.29) is 28.6 Å². The molecule has 0 spiro atoms. The fourth-order valence-electron chi connectivity index (χ4n) is 3.13. The number of sulfonamides is 1. The van der Waals surface area contributed by atoms with Crippen LogP contribution in [0, 0.1) is 6.92 Å². The zero-order valence-electron chi connectivity index (χ0n) is 17.9. The summed E-state index contributed by atoms with van der Waals surface area (Å²) in [5.74, 6) is -1.27. The fraction of sp³-hybridized carbons (Fsp3) is 0.364. The Kier molecular flexibility index (Phi) is 7.89. The Balaban J connectivity index is 1.65. The molecule has 0 atom stereocenters. The van der Waals surface area contributed by atoms with Gasteiger partial charge in [0.1, 0.15) is 0 Å². The number of hydrogen-bond donors (Lipinski definition) is 0. The molecule has 3 rings (SSSR count). The van der Waals surface area contributed by atoms with Gasteiger partial charge in [0, 0.05) is 26.7 Å². The van der Waals surface area contributed by atoms with Gasteiger partial charge >= 0.3 is 5.97 Å². The molecule has 8 nitrogen and oxygen atoms in total. The lowest BCUT2D eigenvalue weighted by Gasteiger charge is -2.26. The van der Waals surface area contributed by atoms with Crippen molar-refractivity contribution in [3.8, 4) is 0 Å². The van der Waals surface area contributed by atoms with Crippen LogP contribution >= 0.6 is 11.6 Å². The van der Waals surface area contributed by atoms with Crippen molar-refractivity contribution in [2.24, 2.45) is 0 Å². The number of rotatable bonds is 7. The molecule has 1 aliphatic heterocycles. The monoisotopic (exact) mass is 480 g/mol. The highest BCUT2D eigenvalue weighted by atomic mass is 35.5. The van der Waals surface area contributed by atoms with E-state index in [1.165, 1.54) is 27.4 Å². The number of esters is 1. The minimum Gasteiger partial charge on any atom is -0.452 e. The van der Waals surface area contributed by atoms with Crippen LogP contribution in [0.1, 0.15) is 21.5 Å². The predicted octanol–water partition coefficient (Wildman–Crippen LogP) is 2.48. The van der Waals surface area contributed by atoms with E-state index in [0.29, 0.717) is 19.8 Å². The summed E-state index contributed by atoms with van der Waals surface area (Å²) in [4.78, 5) is 26.3. The van der Waals surface area contributed by atoms with E-state index in [1.54, 1.807) is 7.05 Å². The first-order chi connectivity index (χ1) is 15.2. The topological polar surface area (TPSA) is 93.2 Å². The maximum atomic E-state index is 12.8. The second-order valence-corrected chi connectivity index (χ2v) is 9.81. The number of likely N-dealkylation sites (N-methyl/N-ethyl adjacent to an activating group) is 1. The quantitative estimate of drug-likeness (QED) is 0.565. The molecule has 2 aromatic carbocycles. The van der Waals surface area contributed by atoms with Crippen molar-refractivity contribution in [1.82, 2.24) is 9.21 Å². The van der Waals surface area contributed by atoms with Gasteiger partial charge in [-0.05, 0) is 30.7 Å². The van der Waals surface area contributed by atoms with Crippen LogP contribution in [0.2, 0.25) is 5.02 Å². The van der Waals surface area contributed by atoms with E-state index in [4.69, 9.17) is 21.1 Å². The average Bonchev–Trinajstić information content (AvgIpc) is 2.79. The highest BCUT2D eigenvalue weighted by Crippen LogP contribution is 2.24. The summed E-state index contributed by atoms with van der Waals surface area (Å²) in [6.07, 6.45) is 0. The van der Waals surface area contributed by atoms with E-state index in [2.05, 4.69) is 0 Å². The van der Waals surface area contributed by atoms with E-state index in [9.17, 15) is 18.0 Å². The lowest BCUT2D eigenvalue weighted by atomic mass is 10.1. The third-order valence-electron chi connectivity index (χ3n) is 5.06. The Morgan fingerprint density at radius 2 is 1.78 bits per heavy atom. The summed E-state index contributed by atoms with van der Waals surface area (Å²) in [5, 5.41) is 0.0383. The van der Waals surface area contributed by atoms with Crippen LogP contribution in [0.15, 0.2) is 47.4 Å². The van der Waals surface area contributed by atoms with Crippen LogP contribution in [0.5, 0.6) is 0 Å². The number of carbonyl (C=O) groups is 2. The molecule has 172 valence electrons. The van der Waals surface area contributed by atoms with Crippen molar-refractivity contribution in [3.05, 3.63) is 64.2 Å². The number of hydrogen-bond acceptors (Lipinski definition) is 6. The van der Waals surface area contributed by atoms with Crippen LogP contribution in [-0.2, 0) is 30.8 Å². The lowest BCUT2D eigenvalue weighted by Crippen LogP contribution is -2.40. The zero-order valence-corrected chi connectivity index (χ0v) is 19.5. The molecule has 1 heterocycles. The van der Waals surface area contributed by atoms with Crippen molar-refractivity contribution in [3.63, 3.8) is 0 Å². The van der Waals surface area contributed by atoms with Gasteiger partial charge in [-0.1, -0.05) is 41.4 Å². The second-order valence-electron chi connectivity index (χ2n) is 7.47. The van der Waals surface area contributed by atoms with Crippen LogP contribution in [-0.4, -0.2) is 69.5 Å². The first-order valence-electron chi connectivity index (χ1n) is 10.0. The molecular formula is C22H25ClN2O6S. The van der Waals surface area contributed by atoms with Crippen molar-refractivity contribution >= 4 is 33.5 Å². The van der Waals surface area contributed by atoms with Gasteiger partial charge in [-0.2, -0.15) is 4.31 Å². The van der Waals surface area contributed by atoms with Crippen LogP contribution < -0.4 is 0 Å². The number of benzene rings is 2. The molecule has 1 saturated heterocycles. The van der Waals surface area contributed by atoms with E-state index >= 15 is 0 Å². The van der Waals surface area contributed by atoms with Gasteiger partial charge in [-0.15, -0.1) is 0 Å². The third kappa shape index (κ3) is 5.86. The maximum Gasteiger partial charge on any atom is 0.340 e. The van der Waals surface area contributed by atoms with Gasteiger partial charge in [0.05, 0.1) is 28.7 Å². The van der Waals surface area contributed by atoms with Crippen molar-refractivity contribution in [2.45, 2.75) is 18.4 Å². The molecule has 10 heteroatoms. The Hall–Kier alpha value is -2.46. The Bertz CT molecular complexity index is 1080. The molecule has 1 fully saturated rings. The van der Waals surface area contributed by atoms with Gasteiger partial charge in [0.15, 0.2) is 6.61 Å². The minimum absolute atomic E-state index is 0.0383. The number of amides is 1. The van der Waals surface area contributed by atoms with Gasteiger partial charge in [0.25, 0.3) is 5.91 Å². The molecule has 0 N–H and O–H groups in total. The van der Waals surface area contributed by atoms with Crippen molar-refractivity contribution < 1.29 is 27.5 Å². The molecule has 0 aliphatic carbocycles. The number of morpholine rings is 1. The molecule has 0 radical (unpaired) electrons. The van der Waals surface area contributed by atoms with Gasteiger partial charge < -0.3 is 14.4 Å². The molecule has 2 aromatic rings. The highest BCUT2D eigenvalue weighted by molar-refractivity contribution is 7.89. The normalized spacial score (nSPS) is 14.7. The smallest absolute Gasteiger partial charge is 0.340 e. The average molecular weight is 481 g/mol. The molecule has 0 saturated carbocycles. The van der Waals surface area contributed by atoms with Crippen molar-refractivity contribution in [1.29, 1.82) is 0 Å². The molecule has 0 bridgehead atoms. The second kappa shape index (κ2) is 10.4. The highest BCUT2D eigenvalue weighted by Gasteiger charge is 2.28. The summed E-state index contributed by atoms with van der Waals surface area (Å²) in [5.41, 5.74) is 1.95. The molecule has 1 amide bonds. The molecule has 32 heavy (non-hydrogen) atoms. The summed E-state index contributed by atoms with van der Waals surface area (Å²) in [6, 6.07) is 11.6. The SMILES string of the molecule is Cc1ccc(CN(C)C(=O)COC(=O)c2cc(S(=O)(=O)N3CCOCC3)ccc2Cl)cc1. The Morgan fingerprint density at radius 1 is 1.12 bits per heavy atom. The third-order valence-corrected chi connectivity index (χ3v) is 7.28. The lowest BCUT2D eigenvalue weighted by molar-refractivity contribution is -0.133. The van der Waals surface area contributed by atoms with Gasteiger partial charge in [0.2, 0.25) is 10.0 Å². The van der Waals surface area contributed by atoms with Crippen LogP contribution in [0.3, 0.4) is 0 Å². The van der Waals surface area contributed by atoms with Crippen LogP contribution in [0.25, 0.3) is 0 Å². The predicted molar refractivity (Wildman–Crippen MR) is 119 cm³/mol. The largest absolute Gasteiger partial charge is 0.452 e. The summed E-state index contributed by atoms with van der Waals surface area (Å²) in [7, 11) is -2.20. The molecule has 1 aliphatic rings. The summed E-state index contributed by atoms with van der Waals surface area (Å²) < 4.78 is 37.3. The minimum atomic E-state index is -3.81. The maximum absolute atomic E-state index is 12.8. The first kappa shape index (κ1) is 24.2. The molecular weight excluding hydrogens is 456 g/mol. The van der Waals surface area contributed by atoms with E-state index in [1.807, 2.05) is 31.2 Å². The van der Waals surface area contributed by atoms with Crippen LogP contribution in [0.4, 0.5) is 0 Å². The number of aryl methyl sites for hydroxylation is 1. The van der Waals surface area contributed by atoms with Gasteiger partial charge in [-0.3, -0.25) is 4.79 Å². The van der Waals surface area contributed by atoms with Crippen molar-refractivity contribution in [2.75, 3.05) is 40.0 Å². The summed E-state index contributed by atoms with van der Waals surface area (Å²) >= 11 is 6.10. The zero-order chi connectivity index (χ0) is 23.3. The van der Waals surface area contributed by atoms with E-state index < -0.39 is 28.5 Å². The van der Waals surface area contributed by atoms with Gasteiger partial charge in [-0.25, -0.2) is 13.2 Å². The Morgan fingerprint density at radius 3 is 2.44 bits per heavy atom. The number of nitrogens with zero attached hydrogens (tertiary/aromatic N) is 2. The number of carbonyl (C=O) groups excluding carboxylic acids is 2. The Labute approximate surface area is 192 Å². The fourth-order valence-corrected chi connectivity index (χ4v) is 4.76. The summed E-state index contributed by atoms with van der Waals surface area (Å²) in [6.45, 7) is 2.92. The number of ether oxygens (including phenoxy) is 2. The molecule has 0 aromatic heterocycles. The molecule has 0 unspecified atom stereocenters. The van der Waals surface area contributed by atoms with E-state index in [0.717, 1.165) is 11.1 Å². The number of halogens is 1. The standard InChI is InChI=1S/C22H25ClN2O6S/c1-16-3-5-17(6-4-16)14-24(2)21(26)15-31-22(27)19-13-18(7-8-20(19)23)32(28,29)25-9-11-30-12-10-25/h3-8,13H,9-12,14-15H2,1-2H3. The first-order valence-corrected chi connectivity index (χ1v) is 11.8.